The zero-order valence-electron chi connectivity index (χ0n) is 10.6. The molecule has 0 aromatic heterocycles. The van der Waals surface area contributed by atoms with E-state index in [0.29, 0.717) is 43.1 Å². The number of carbonyl (C=O) groups is 2. The van der Waals surface area contributed by atoms with Crippen LogP contribution in [0.15, 0.2) is 12.1 Å². The summed E-state index contributed by atoms with van der Waals surface area (Å²) in [5.74, 6) is -0.233. The number of ketones is 1. The number of hydrogen-bond acceptors (Lipinski definition) is 4. The smallest absolute Gasteiger partial charge is 0.317 e. The van der Waals surface area contributed by atoms with Gasteiger partial charge in [-0.1, -0.05) is 0 Å². The minimum absolute atomic E-state index is 0.325. The van der Waals surface area contributed by atoms with E-state index in [4.69, 9.17) is 9.47 Å². The molecule has 0 radical (unpaired) electrons. The Hall–Kier alpha value is -2.04. The third kappa shape index (κ3) is 1.77. The van der Waals surface area contributed by atoms with E-state index in [1.807, 2.05) is 0 Å². The van der Waals surface area contributed by atoms with Gasteiger partial charge in [-0.25, -0.2) is 0 Å². The van der Waals surface area contributed by atoms with Gasteiger partial charge in [0.05, 0.1) is 0 Å². The van der Waals surface area contributed by atoms with Crippen molar-refractivity contribution in [3.05, 3.63) is 23.3 Å². The molecule has 1 aliphatic heterocycles. The predicted molar refractivity (Wildman–Crippen MR) is 65.8 cm³/mol. The Morgan fingerprint density at radius 3 is 2.26 bits per heavy atom. The lowest BCUT2D eigenvalue weighted by molar-refractivity contribution is -0.141. The Morgan fingerprint density at radius 2 is 1.74 bits per heavy atom. The van der Waals surface area contributed by atoms with Crippen molar-refractivity contribution in [3.63, 3.8) is 0 Å². The zero-order chi connectivity index (χ0) is 13.6. The van der Waals surface area contributed by atoms with Crippen molar-refractivity contribution in [1.82, 2.24) is 0 Å². The van der Waals surface area contributed by atoms with Crippen molar-refractivity contribution in [1.29, 1.82) is 0 Å². The first-order valence-electron chi connectivity index (χ1n) is 6.23. The van der Waals surface area contributed by atoms with Crippen molar-refractivity contribution >= 4 is 11.8 Å². The molecule has 0 amide bonds. The molecule has 0 spiro atoms. The number of carboxylic acid groups (broad SMARTS) is 1. The van der Waals surface area contributed by atoms with E-state index in [0.717, 1.165) is 5.56 Å². The van der Waals surface area contributed by atoms with Crippen molar-refractivity contribution in [2.24, 2.45) is 5.41 Å². The third-order valence-corrected chi connectivity index (χ3v) is 3.73. The van der Waals surface area contributed by atoms with E-state index in [2.05, 4.69) is 0 Å². The predicted octanol–water partition coefficient (Wildman–Crippen LogP) is 1.81. The summed E-state index contributed by atoms with van der Waals surface area (Å²) in [6, 6.07) is 3.34. The van der Waals surface area contributed by atoms with E-state index in [1.54, 1.807) is 19.1 Å². The topological polar surface area (TPSA) is 72.8 Å². The Bertz CT molecular complexity index is 571. The zero-order valence-corrected chi connectivity index (χ0v) is 10.6. The maximum Gasteiger partial charge on any atom is 0.317 e. The fourth-order valence-corrected chi connectivity index (χ4v) is 2.36. The molecule has 0 atom stereocenters. The molecule has 0 saturated heterocycles. The quantitative estimate of drug-likeness (QED) is 0.664. The summed E-state index contributed by atoms with van der Waals surface area (Å²) >= 11 is 0. The van der Waals surface area contributed by atoms with Gasteiger partial charge in [-0.2, -0.15) is 0 Å². The number of rotatable bonds is 3. The van der Waals surface area contributed by atoms with Crippen LogP contribution in [0.2, 0.25) is 0 Å². The molecule has 2 aliphatic rings. The molecule has 19 heavy (non-hydrogen) atoms. The molecule has 1 saturated carbocycles. The summed E-state index contributed by atoms with van der Waals surface area (Å²) in [6.45, 7) is 2.70. The van der Waals surface area contributed by atoms with Crippen LogP contribution in [0, 0.1) is 12.3 Å². The molecule has 1 fully saturated rings. The molecule has 3 rings (SSSR count). The number of hydrogen-bond donors (Lipinski definition) is 1. The lowest BCUT2D eigenvalue weighted by Crippen LogP contribution is -2.26. The number of Topliss-reactive ketones (excluding diaryl/α,β-unsaturated/α-hetero) is 1. The Balaban J connectivity index is 2.01. The second kappa shape index (κ2) is 3.98. The summed E-state index contributed by atoms with van der Waals surface area (Å²) < 4.78 is 10.9. The van der Waals surface area contributed by atoms with Gasteiger partial charge in [0.25, 0.3) is 0 Å². The normalized spacial score (nSPS) is 18.8. The largest absolute Gasteiger partial charge is 0.486 e. The summed E-state index contributed by atoms with van der Waals surface area (Å²) in [4.78, 5) is 23.6. The summed E-state index contributed by atoms with van der Waals surface area (Å²) in [7, 11) is 0. The molecule has 0 bridgehead atoms. The molecule has 5 heteroatoms. The molecule has 0 unspecified atom stereocenters. The lowest BCUT2D eigenvalue weighted by atomic mass is 9.91. The number of carbonyl (C=O) groups excluding carboxylic acids is 1. The van der Waals surface area contributed by atoms with Gasteiger partial charge in [0.15, 0.2) is 17.3 Å². The number of aliphatic carboxylic acids is 1. The standard InChI is InChI=1S/C14H14O5/c1-8-6-10-11(19-5-4-18-10)7-9(8)12(15)14(2-3-14)13(16)17/h6-7H,2-5H2,1H3,(H,16,17). The Labute approximate surface area is 110 Å². The van der Waals surface area contributed by atoms with Gasteiger partial charge in [-0.3, -0.25) is 9.59 Å². The fraction of sp³-hybridized carbons (Fsp3) is 0.429. The molecular weight excluding hydrogens is 248 g/mol. The minimum atomic E-state index is -1.21. The average Bonchev–Trinajstić information content (AvgIpc) is 3.18. The number of ether oxygens (including phenoxy) is 2. The van der Waals surface area contributed by atoms with Crippen LogP contribution in [0.1, 0.15) is 28.8 Å². The summed E-state index contributed by atoms with van der Waals surface area (Å²) in [5, 5.41) is 9.19. The summed E-state index contributed by atoms with van der Waals surface area (Å²) in [6.07, 6.45) is 0.824. The fourth-order valence-electron chi connectivity index (χ4n) is 2.36. The first-order chi connectivity index (χ1) is 9.04. The van der Waals surface area contributed by atoms with Gasteiger partial charge in [0.1, 0.15) is 18.6 Å². The molecule has 1 aliphatic carbocycles. The van der Waals surface area contributed by atoms with Gasteiger partial charge in [-0.05, 0) is 37.5 Å². The van der Waals surface area contributed by atoms with Crippen LogP contribution >= 0.6 is 0 Å². The third-order valence-electron chi connectivity index (χ3n) is 3.73. The van der Waals surface area contributed by atoms with Gasteiger partial charge in [0, 0.05) is 5.56 Å². The van der Waals surface area contributed by atoms with Crippen molar-refractivity contribution in [2.75, 3.05) is 13.2 Å². The van der Waals surface area contributed by atoms with Crippen molar-refractivity contribution < 1.29 is 24.2 Å². The Kier molecular flexibility index (Phi) is 2.52. The first-order valence-corrected chi connectivity index (χ1v) is 6.23. The SMILES string of the molecule is Cc1cc2c(cc1C(=O)C1(C(=O)O)CC1)OCCO2. The molecule has 5 nitrogen and oxygen atoms in total. The van der Waals surface area contributed by atoms with Gasteiger partial charge in [-0.15, -0.1) is 0 Å². The van der Waals surface area contributed by atoms with E-state index in [1.165, 1.54) is 0 Å². The number of aryl methyl sites for hydroxylation is 1. The number of benzene rings is 1. The van der Waals surface area contributed by atoms with Gasteiger partial charge >= 0.3 is 5.97 Å². The van der Waals surface area contributed by atoms with Gasteiger partial charge in [0.2, 0.25) is 0 Å². The second-order valence-corrected chi connectivity index (χ2v) is 5.03. The molecule has 1 heterocycles. The maximum atomic E-state index is 12.4. The van der Waals surface area contributed by atoms with E-state index < -0.39 is 11.4 Å². The summed E-state index contributed by atoms with van der Waals surface area (Å²) in [5.41, 5.74) is -0.0694. The average molecular weight is 262 g/mol. The highest BCUT2D eigenvalue weighted by Gasteiger charge is 2.57. The lowest BCUT2D eigenvalue weighted by Gasteiger charge is -2.20. The van der Waals surface area contributed by atoms with Crippen molar-refractivity contribution in [3.8, 4) is 11.5 Å². The van der Waals surface area contributed by atoms with Crippen LogP contribution < -0.4 is 9.47 Å². The molecule has 1 aromatic rings. The second-order valence-electron chi connectivity index (χ2n) is 5.03. The molecule has 1 aromatic carbocycles. The van der Waals surface area contributed by atoms with Crippen LogP contribution in [-0.4, -0.2) is 30.1 Å². The van der Waals surface area contributed by atoms with Crippen LogP contribution in [0.25, 0.3) is 0 Å². The van der Waals surface area contributed by atoms with Crippen LogP contribution in [-0.2, 0) is 4.79 Å². The monoisotopic (exact) mass is 262 g/mol. The highest BCUT2D eigenvalue weighted by molar-refractivity contribution is 6.15. The minimum Gasteiger partial charge on any atom is -0.486 e. The number of carboxylic acids is 1. The molecular formula is C14H14O5. The van der Waals surface area contributed by atoms with Crippen LogP contribution in [0.3, 0.4) is 0 Å². The highest BCUT2D eigenvalue weighted by atomic mass is 16.6. The van der Waals surface area contributed by atoms with E-state index >= 15 is 0 Å². The first kappa shape index (κ1) is 12.0. The van der Waals surface area contributed by atoms with Crippen LogP contribution in [0.5, 0.6) is 11.5 Å². The number of fused-ring (bicyclic) bond motifs is 1. The van der Waals surface area contributed by atoms with E-state index in [-0.39, 0.29) is 5.78 Å². The molecule has 100 valence electrons. The Morgan fingerprint density at radius 1 is 1.16 bits per heavy atom. The highest BCUT2D eigenvalue weighted by Crippen LogP contribution is 2.49. The molecule has 1 N–H and O–H groups in total. The maximum absolute atomic E-state index is 12.4. The van der Waals surface area contributed by atoms with Gasteiger partial charge < -0.3 is 14.6 Å². The van der Waals surface area contributed by atoms with Crippen molar-refractivity contribution in [2.45, 2.75) is 19.8 Å². The van der Waals surface area contributed by atoms with E-state index in [9.17, 15) is 14.7 Å². The van der Waals surface area contributed by atoms with Crippen LogP contribution in [0.4, 0.5) is 0 Å².